The fourth-order valence-electron chi connectivity index (χ4n) is 3.28. The van der Waals surface area contributed by atoms with Gasteiger partial charge in [0.05, 0.1) is 5.69 Å². The molecule has 2 unspecified atom stereocenters. The molecule has 2 aliphatic carbocycles. The molecule has 1 saturated carbocycles. The number of fused-ring (bicyclic) bond motifs is 2. The van der Waals surface area contributed by atoms with E-state index < -0.39 is 0 Å². The van der Waals surface area contributed by atoms with Crippen molar-refractivity contribution in [2.45, 2.75) is 45.1 Å². The smallest absolute Gasteiger partial charge is 0.263 e. The normalized spacial score (nSPS) is 23.3. The number of nitrogens with zero attached hydrogens (tertiary/aromatic N) is 1. The minimum Gasteiger partial charge on any atom is -0.397 e. The molecule has 0 aliphatic heterocycles. The Hall–Kier alpha value is -1.62. The van der Waals surface area contributed by atoms with Crippen LogP contribution in [0.3, 0.4) is 0 Å². The molecule has 0 aromatic carbocycles. The zero-order chi connectivity index (χ0) is 14.6. The number of anilines is 1. The van der Waals surface area contributed by atoms with Crippen LogP contribution in [0, 0.1) is 5.92 Å². The number of carbonyl (C=O) groups is 1. The second-order valence-corrected chi connectivity index (χ2v) is 7.13. The molecule has 4 nitrogen and oxygen atoms in total. The van der Waals surface area contributed by atoms with E-state index in [1.54, 1.807) is 0 Å². The Kier molecular flexibility index (Phi) is 2.92. The van der Waals surface area contributed by atoms with Crippen LogP contribution in [0.4, 0.5) is 5.69 Å². The van der Waals surface area contributed by atoms with E-state index in [9.17, 15) is 4.79 Å². The van der Waals surface area contributed by atoms with Crippen molar-refractivity contribution >= 4 is 33.1 Å². The summed E-state index contributed by atoms with van der Waals surface area (Å²) in [7, 11) is 0. The number of pyridine rings is 1. The van der Waals surface area contributed by atoms with Crippen LogP contribution in [0.5, 0.6) is 0 Å². The van der Waals surface area contributed by atoms with Crippen molar-refractivity contribution in [3.05, 3.63) is 22.2 Å². The van der Waals surface area contributed by atoms with Gasteiger partial charge in [-0.2, -0.15) is 0 Å². The quantitative estimate of drug-likeness (QED) is 0.916. The number of nitrogens with two attached hydrogens (primary N) is 1. The van der Waals surface area contributed by atoms with Gasteiger partial charge in [0, 0.05) is 17.1 Å². The maximum Gasteiger partial charge on any atom is 0.263 e. The van der Waals surface area contributed by atoms with Crippen LogP contribution in [0.2, 0.25) is 0 Å². The number of aryl methyl sites for hydroxylation is 2. The van der Waals surface area contributed by atoms with Gasteiger partial charge >= 0.3 is 0 Å². The van der Waals surface area contributed by atoms with E-state index in [1.807, 2.05) is 0 Å². The van der Waals surface area contributed by atoms with Crippen molar-refractivity contribution in [3.63, 3.8) is 0 Å². The first-order valence-electron chi connectivity index (χ1n) is 7.69. The maximum absolute atomic E-state index is 12.4. The zero-order valence-electron chi connectivity index (χ0n) is 12.1. The van der Waals surface area contributed by atoms with E-state index in [2.05, 4.69) is 18.3 Å². The Morgan fingerprint density at radius 3 is 3.14 bits per heavy atom. The molecule has 5 heteroatoms. The van der Waals surface area contributed by atoms with E-state index in [0.717, 1.165) is 35.9 Å². The molecule has 0 radical (unpaired) electrons. The Balaban J connectivity index is 1.66. The lowest BCUT2D eigenvalue weighted by Crippen LogP contribution is -2.26. The van der Waals surface area contributed by atoms with Crippen LogP contribution < -0.4 is 11.1 Å². The summed E-state index contributed by atoms with van der Waals surface area (Å²) in [6.45, 7) is 2.16. The second kappa shape index (κ2) is 4.70. The van der Waals surface area contributed by atoms with Gasteiger partial charge in [0.2, 0.25) is 0 Å². The number of hydrogen-bond donors (Lipinski definition) is 2. The lowest BCUT2D eigenvalue weighted by atomic mass is 10.1. The van der Waals surface area contributed by atoms with Gasteiger partial charge in [-0.15, -0.1) is 11.3 Å². The lowest BCUT2D eigenvalue weighted by Gasteiger charge is -2.02. The summed E-state index contributed by atoms with van der Waals surface area (Å²) in [5.74, 6) is 0.614. The average Bonchev–Trinajstić information content (AvgIpc) is 2.93. The highest BCUT2D eigenvalue weighted by molar-refractivity contribution is 7.21. The maximum atomic E-state index is 12.4. The molecular formula is C16H19N3OS. The minimum absolute atomic E-state index is 0.0309. The van der Waals surface area contributed by atoms with E-state index >= 15 is 0 Å². The second-order valence-electron chi connectivity index (χ2n) is 6.13. The van der Waals surface area contributed by atoms with Crippen molar-refractivity contribution in [1.29, 1.82) is 0 Å². The summed E-state index contributed by atoms with van der Waals surface area (Å²) < 4.78 is 0. The van der Waals surface area contributed by atoms with Gasteiger partial charge in [0.25, 0.3) is 5.91 Å². The lowest BCUT2D eigenvalue weighted by molar-refractivity contribution is 0.0954. The largest absolute Gasteiger partial charge is 0.397 e. The van der Waals surface area contributed by atoms with Crippen LogP contribution in [0.1, 0.15) is 47.1 Å². The molecule has 2 aromatic rings. The monoisotopic (exact) mass is 301 g/mol. The summed E-state index contributed by atoms with van der Waals surface area (Å²) >= 11 is 1.43. The molecule has 2 aliphatic rings. The molecule has 0 bridgehead atoms. The molecule has 1 fully saturated rings. The predicted molar refractivity (Wildman–Crippen MR) is 85.7 cm³/mol. The summed E-state index contributed by atoms with van der Waals surface area (Å²) in [6.07, 6.45) is 5.52. The van der Waals surface area contributed by atoms with Crippen molar-refractivity contribution in [1.82, 2.24) is 10.3 Å². The summed E-state index contributed by atoms with van der Waals surface area (Å²) in [4.78, 5) is 18.6. The molecule has 0 saturated heterocycles. The summed E-state index contributed by atoms with van der Waals surface area (Å²) in [6, 6.07) is 2.48. The first-order chi connectivity index (χ1) is 10.2. The Bertz CT molecular complexity index is 737. The molecule has 4 rings (SSSR count). The molecule has 3 N–H and O–H groups in total. The topological polar surface area (TPSA) is 68.0 Å². The molecule has 21 heavy (non-hydrogen) atoms. The van der Waals surface area contributed by atoms with Crippen LogP contribution in [0.25, 0.3) is 10.2 Å². The van der Waals surface area contributed by atoms with Crippen LogP contribution >= 0.6 is 11.3 Å². The van der Waals surface area contributed by atoms with Crippen molar-refractivity contribution in [2.24, 2.45) is 5.92 Å². The first-order valence-corrected chi connectivity index (χ1v) is 8.50. The van der Waals surface area contributed by atoms with E-state index in [0.29, 0.717) is 22.5 Å². The standard InChI is InChI=1S/C16H19N3OS/c1-2-8-7-12(8)18-15(20)14-13(17)10-6-9-4-3-5-11(9)19-16(10)21-14/h6,8,12H,2-5,7,17H2,1H3,(H,18,20). The Morgan fingerprint density at radius 1 is 1.52 bits per heavy atom. The number of rotatable bonds is 3. The molecule has 0 spiro atoms. The minimum atomic E-state index is -0.0309. The predicted octanol–water partition coefficient (Wildman–Crippen LogP) is 2.90. The number of carbonyl (C=O) groups excluding carboxylic acids is 1. The van der Waals surface area contributed by atoms with Crippen molar-refractivity contribution in [2.75, 3.05) is 5.73 Å². The molecular weight excluding hydrogens is 282 g/mol. The van der Waals surface area contributed by atoms with Crippen LogP contribution in [-0.4, -0.2) is 16.9 Å². The molecule has 2 atom stereocenters. The highest BCUT2D eigenvalue weighted by Gasteiger charge is 2.37. The van der Waals surface area contributed by atoms with Crippen LogP contribution in [0.15, 0.2) is 6.07 Å². The number of nitrogens with one attached hydrogen (secondary N) is 1. The Labute approximate surface area is 127 Å². The number of nitrogen functional groups attached to an aromatic ring is 1. The van der Waals surface area contributed by atoms with E-state index in [1.165, 1.54) is 29.0 Å². The van der Waals surface area contributed by atoms with Gasteiger partial charge < -0.3 is 11.1 Å². The van der Waals surface area contributed by atoms with Gasteiger partial charge in [0.15, 0.2) is 0 Å². The first kappa shape index (κ1) is 13.1. The highest BCUT2D eigenvalue weighted by Crippen LogP contribution is 2.37. The summed E-state index contributed by atoms with van der Waals surface area (Å²) in [5, 5.41) is 4.05. The number of thiophene rings is 1. The SMILES string of the molecule is CCC1CC1NC(=O)c1sc2nc3c(cc2c1N)CCC3. The average molecular weight is 301 g/mol. The highest BCUT2D eigenvalue weighted by atomic mass is 32.1. The third-order valence-electron chi connectivity index (χ3n) is 4.72. The molecule has 2 aromatic heterocycles. The fourth-order valence-corrected chi connectivity index (χ4v) is 4.28. The number of aromatic nitrogens is 1. The van der Waals surface area contributed by atoms with E-state index in [4.69, 9.17) is 10.7 Å². The number of hydrogen-bond acceptors (Lipinski definition) is 4. The molecule has 1 amide bonds. The Morgan fingerprint density at radius 2 is 2.38 bits per heavy atom. The van der Waals surface area contributed by atoms with Gasteiger partial charge in [-0.05, 0) is 43.2 Å². The zero-order valence-corrected chi connectivity index (χ0v) is 12.9. The fraction of sp³-hybridized carbons (Fsp3) is 0.500. The van der Waals surface area contributed by atoms with Gasteiger partial charge in [-0.25, -0.2) is 4.98 Å². The van der Waals surface area contributed by atoms with Crippen LogP contribution in [-0.2, 0) is 12.8 Å². The van der Waals surface area contributed by atoms with Crippen molar-refractivity contribution in [3.8, 4) is 0 Å². The van der Waals surface area contributed by atoms with E-state index in [-0.39, 0.29) is 5.91 Å². The molecule has 110 valence electrons. The third kappa shape index (κ3) is 2.11. The summed E-state index contributed by atoms with van der Waals surface area (Å²) in [5.41, 5.74) is 9.29. The van der Waals surface area contributed by atoms with Gasteiger partial charge in [-0.1, -0.05) is 13.3 Å². The van der Waals surface area contributed by atoms with Gasteiger partial charge in [-0.3, -0.25) is 4.79 Å². The number of amides is 1. The van der Waals surface area contributed by atoms with Gasteiger partial charge in [0.1, 0.15) is 9.71 Å². The van der Waals surface area contributed by atoms with Crippen molar-refractivity contribution < 1.29 is 4.79 Å². The third-order valence-corrected chi connectivity index (χ3v) is 5.83. The molecule has 2 heterocycles.